The highest BCUT2D eigenvalue weighted by Crippen LogP contribution is 2.46. The molecule has 2 unspecified atom stereocenters. The molecule has 2 atom stereocenters. The molecule has 2 aliphatic rings. The predicted molar refractivity (Wildman–Crippen MR) is 135 cm³/mol. The molecule has 0 radical (unpaired) electrons. The van der Waals surface area contributed by atoms with Crippen LogP contribution in [0.4, 0.5) is 5.82 Å². The molecule has 2 N–H and O–H groups in total. The number of nitrogens with zero attached hydrogens (tertiary/aromatic N) is 3. The molecule has 7 heteroatoms. The summed E-state index contributed by atoms with van der Waals surface area (Å²) in [5.74, 6) is -0.127. The molecule has 3 aromatic rings. The van der Waals surface area contributed by atoms with E-state index < -0.39 is 5.92 Å². The first kappa shape index (κ1) is 22.8. The molecule has 1 aliphatic heterocycles. The highest BCUT2D eigenvalue weighted by molar-refractivity contribution is 6.09. The molecule has 5 rings (SSSR count). The van der Waals surface area contributed by atoms with E-state index in [1.54, 1.807) is 23.1 Å². The van der Waals surface area contributed by atoms with Gasteiger partial charge in [-0.2, -0.15) is 5.10 Å². The molecule has 7 nitrogen and oxygen atoms in total. The number of benzene rings is 1. The summed E-state index contributed by atoms with van der Waals surface area (Å²) in [7, 11) is 1.87. The number of amides is 1. The van der Waals surface area contributed by atoms with Gasteiger partial charge in [-0.3, -0.25) is 14.3 Å². The second-order valence-corrected chi connectivity index (χ2v) is 9.41. The minimum atomic E-state index is -0.491. The molecule has 178 valence electrons. The Morgan fingerprint density at radius 2 is 1.83 bits per heavy atom. The van der Waals surface area contributed by atoms with Crippen molar-refractivity contribution in [1.82, 2.24) is 20.1 Å². The first-order chi connectivity index (χ1) is 16.8. The summed E-state index contributed by atoms with van der Waals surface area (Å²) in [6, 6.07) is 13.8. The standard InChI is InChI=1S/C28H29N5O2/c1-16-10-11-24(29-14-16)32-28(35)25-17(2)31-22-12-20(19-8-6-5-7-9-19)13-23(34)27(22)26(25)21-15-30-33(4)18(21)3/h5-11,14-15,20,26,31H,12-13H2,1-4H3,(H,29,32,35). The lowest BCUT2D eigenvalue weighted by Gasteiger charge is -2.36. The molecule has 0 spiro atoms. The van der Waals surface area contributed by atoms with Crippen LogP contribution in [0.15, 0.2) is 77.4 Å². The van der Waals surface area contributed by atoms with Gasteiger partial charge in [-0.1, -0.05) is 36.4 Å². The summed E-state index contributed by atoms with van der Waals surface area (Å²) in [6.07, 6.45) is 4.62. The average molecular weight is 468 g/mol. The Bertz CT molecular complexity index is 1370. The minimum Gasteiger partial charge on any atom is -0.362 e. The number of carbonyl (C=O) groups is 2. The lowest BCUT2D eigenvalue weighted by atomic mass is 9.71. The number of ketones is 1. The highest BCUT2D eigenvalue weighted by atomic mass is 16.2. The van der Waals surface area contributed by atoms with Gasteiger partial charge in [0.1, 0.15) is 5.82 Å². The molecule has 0 saturated carbocycles. The lowest BCUT2D eigenvalue weighted by molar-refractivity contribution is -0.116. The number of aryl methyl sites for hydroxylation is 2. The van der Waals surface area contributed by atoms with Crippen molar-refractivity contribution in [2.45, 2.75) is 45.4 Å². The summed E-state index contributed by atoms with van der Waals surface area (Å²) in [6.45, 7) is 5.82. The van der Waals surface area contributed by atoms with E-state index >= 15 is 0 Å². The Hall–Kier alpha value is -4.00. The van der Waals surface area contributed by atoms with Gasteiger partial charge in [0.2, 0.25) is 0 Å². The zero-order chi connectivity index (χ0) is 24.7. The second-order valence-electron chi connectivity index (χ2n) is 9.41. The molecule has 1 aliphatic carbocycles. The van der Waals surface area contributed by atoms with Crippen molar-refractivity contribution in [1.29, 1.82) is 0 Å². The number of rotatable bonds is 4. The van der Waals surface area contributed by atoms with Crippen molar-refractivity contribution >= 4 is 17.5 Å². The molecule has 0 fully saturated rings. The maximum absolute atomic E-state index is 13.7. The Morgan fingerprint density at radius 1 is 1.06 bits per heavy atom. The SMILES string of the molecule is CC1=C(C(=O)Nc2ccc(C)cn2)C(c2cnn(C)c2C)C2=C(CC(c3ccccc3)CC2=O)N1. The van der Waals surface area contributed by atoms with E-state index in [4.69, 9.17) is 0 Å². The molecule has 0 bridgehead atoms. The number of Topliss-reactive ketones (excluding diaryl/α,β-unsaturated/α-hetero) is 1. The summed E-state index contributed by atoms with van der Waals surface area (Å²) in [4.78, 5) is 31.6. The van der Waals surface area contributed by atoms with Crippen molar-refractivity contribution in [3.05, 3.63) is 99.8 Å². The lowest BCUT2D eigenvalue weighted by Crippen LogP contribution is -2.37. The molecule has 3 heterocycles. The number of hydrogen-bond donors (Lipinski definition) is 2. The smallest absolute Gasteiger partial charge is 0.255 e. The van der Waals surface area contributed by atoms with Crippen LogP contribution in [0.1, 0.15) is 54.0 Å². The van der Waals surface area contributed by atoms with Gasteiger partial charge in [0, 0.05) is 59.4 Å². The minimum absolute atomic E-state index is 0.0621. The monoisotopic (exact) mass is 467 g/mol. The largest absolute Gasteiger partial charge is 0.362 e. The van der Waals surface area contributed by atoms with Gasteiger partial charge in [-0.15, -0.1) is 0 Å². The maximum Gasteiger partial charge on any atom is 0.255 e. The number of aromatic nitrogens is 3. The van der Waals surface area contributed by atoms with E-state index in [-0.39, 0.29) is 17.6 Å². The van der Waals surface area contributed by atoms with E-state index in [0.717, 1.165) is 33.8 Å². The number of hydrogen-bond acceptors (Lipinski definition) is 5. The highest BCUT2D eigenvalue weighted by Gasteiger charge is 2.42. The summed E-state index contributed by atoms with van der Waals surface area (Å²) < 4.78 is 1.78. The normalized spacial score (nSPS) is 19.9. The fourth-order valence-corrected chi connectivity index (χ4v) is 5.14. The number of nitrogens with one attached hydrogen (secondary N) is 2. The van der Waals surface area contributed by atoms with Gasteiger partial charge in [0.15, 0.2) is 5.78 Å². The van der Waals surface area contributed by atoms with E-state index in [9.17, 15) is 9.59 Å². The Morgan fingerprint density at radius 3 is 2.49 bits per heavy atom. The number of carbonyl (C=O) groups excluding carboxylic acids is 2. The molecule has 2 aromatic heterocycles. The van der Waals surface area contributed by atoms with Crippen molar-refractivity contribution in [2.75, 3.05) is 5.32 Å². The van der Waals surface area contributed by atoms with Crippen LogP contribution >= 0.6 is 0 Å². The zero-order valence-electron chi connectivity index (χ0n) is 20.4. The zero-order valence-corrected chi connectivity index (χ0v) is 20.4. The Kier molecular flexibility index (Phi) is 5.84. The number of allylic oxidation sites excluding steroid dienone is 3. The molecular weight excluding hydrogens is 438 g/mol. The van der Waals surface area contributed by atoms with Crippen molar-refractivity contribution in [3.63, 3.8) is 0 Å². The molecule has 35 heavy (non-hydrogen) atoms. The Balaban J connectivity index is 1.57. The fraction of sp³-hybridized carbons (Fsp3) is 0.286. The first-order valence-corrected chi connectivity index (χ1v) is 11.8. The van der Waals surface area contributed by atoms with Gasteiger partial charge >= 0.3 is 0 Å². The van der Waals surface area contributed by atoms with Crippen LogP contribution in [0.25, 0.3) is 0 Å². The van der Waals surface area contributed by atoms with E-state index in [2.05, 4.69) is 32.8 Å². The molecule has 1 aromatic carbocycles. The van der Waals surface area contributed by atoms with Gasteiger partial charge in [-0.05, 0) is 50.3 Å². The molecular formula is C28H29N5O2. The third-order valence-corrected chi connectivity index (χ3v) is 7.08. The van der Waals surface area contributed by atoms with Crippen LogP contribution in [0.5, 0.6) is 0 Å². The number of pyridine rings is 1. The topological polar surface area (TPSA) is 88.9 Å². The van der Waals surface area contributed by atoms with Gasteiger partial charge < -0.3 is 10.6 Å². The second kappa shape index (κ2) is 8.98. The number of anilines is 1. The summed E-state index contributed by atoms with van der Waals surface area (Å²) in [5, 5.41) is 10.8. The van der Waals surface area contributed by atoms with E-state index in [1.165, 1.54) is 0 Å². The summed E-state index contributed by atoms with van der Waals surface area (Å²) in [5.41, 5.74) is 6.78. The summed E-state index contributed by atoms with van der Waals surface area (Å²) >= 11 is 0. The quantitative estimate of drug-likeness (QED) is 0.593. The van der Waals surface area contributed by atoms with Crippen molar-refractivity contribution in [3.8, 4) is 0 Å². The van der Waals surface area contributed by atoms with E-state index in [0.29, 0.717) is 29.8 Å². The average Bonchev–Trinajstić information content (AvgIpc) is 3.17. The van der Waals surface area contributed by atoms with Crippen LogP contribution in [0, 0.1) is 13.8 Å². The number of dihydropyridines is 1. The third-order valence-electron chi connectivity index (χ3n) is 7.08. The van der Waals surface area contributed by atoms with Gasteiger partial charge in [0.25, 0.3) is 5.91 Å². The Labute approximate surface area is 205 Å². The van der Waals surface area contributed by atoms with Crippen molar-refractivity contribution in [2.24, 2.45) is 7.05 Å². The van der Waals surface area contributed by atoms with E-state index in [1.807, 2.05) is 52.1 Å². The first-order valence-electron chi connectivity index (χ1n) is 11.8. The third kappa shape index (κ3) is 4.18. The molecule has 0 saturated heterocycles. The fourth-order valence-electron chi connectivity index (χ4n) is 5.14. The van der Waals surface area contributed by atoms with Crippen LogP contribution in [-0.2, 0) is 16.6 Å². The van der Waals surface area contributed by atoms with Crippen LogP contribution in [0.3, 0.4) is 0 Å². The van der Waals surface area contributed by atoms with Gasteiger partial charge in [0.05, 0.1) is 6.20 Å². The van der Waals surface area contributed by atoms with Crippen molar-refractivity contribution < 1.29 is 9.59 Å². The van der Waals surface area contributed by atoms with Crippen LogP contribution in [-0.4, -0.2) is 26.5 Å². The van der Waals surface area contributed by atoms with Crippen LogP contribution in [0.2, 0.25) is 0 Å². The predicted octanol–water partition coefficient (Wildman–Crippen LogP) is 4.43. The maximum atomic E-state index is 13.7. The van der Waals surface area contributed by atoms with Crippen LogP contribution < -0.4 is 10.6 Å². The van der Waals surface area contributed by atoms with Gasteiger partial charge in [-0.25, -0.2) is 4.98 Å². The molecule has 1 amide bonds.